The molecule has 0 radical (unpaired) electrons. The third kappa shape index (κ3) is 2.47. The Morgan fingerprint density at radius 3 is 2.85 bits per heavy atom. The van der Waals surface area contributed by atoms with Crippen molar-refractivity contribution in [1.82, 2.24) is 10.6 Å². The quantitative estimate of drug-likeness (QED) is 0.664. The SMILES string of the molecule is C1=C(CC2=NCCCN2)NCCC1. The van der Waals surface area contributed by atoms with Crippen LogP contribution in [0.4, 0.5) is 0 Å². The average Bonchev–Trinajstić information content (AvgIpc) is 2.21. The smallest absolute Gasteiger partial charge is 0.102 e. The summed E-state index contributed by atoms with van der Waals surface area (Å²) in [6, 6.07) is 0. The number of hydrogen-bond acceptors (Lipinski definition) is 3. The van der Waals surface area contributed by atoms with Gasteiger partial charge in [-0.15, -0.1) is 0 Å². The van der Waals surface area contributed by atoms with E-state index in [4.69, 9.17) is 0 Å². The summed E-state index contributed by atoms with van der Waals surface area (Å²) < 4.78 is 0. The molecule has 13 heavy (non-hydrogen) atoms. The van der Waals surface area contributed by atoms with Crippen molar-refractivity contribution in [2.75, 3.05) is 19.6 Å². The van der Waals surface area contributed by atoms with Crippen LogP contribution in [-0.2, 0) is 0 Å². The summed E-state index contributed by atoms with van der Waals surface area (Å²) in [4.78, 5) is 4.45. The van der Waals surface area contributed by atoms with Crippen molar-refractivity contribution in [3.8, 4) is 0 Å². The van der Waals surface area contributed by atoms with E-state index in [1.54, 1.807) is 0 Å². The van der Waals surface area contributed by atoms with Crippen molar-refractivity contribution in [3.63, 3.8) is 0 Å². The topological polar surface area (TPSA) is 36.4 Å². The number of nitrogens with zero attached hydrogens (tertiary/aromatic N) is 1. The second-order valence-corrected chi connectivity index (χ2v) is 3.58. The summed E-state index contributed by atoms with van der Waals surface area (Å²) in [6.45, 7) is 3.21. The van der Waals surface area contributed by atoms with Crippen LogP contribution < -0.4 is 10.6 Å². The Morgan fingerprint density at radius 1 is 1.23 bits per heavy atom. The maximum Gasteiger partial charge on any atom is 0.102 e. The van der Waals surface area contributed by atoms with E-state index in [2.05, 4.69) is 21.7 Å². The molecule has 0 aliphatic carbocycles. The van der Waals surface area contributed by atoms with Gasteiger partial charge in [-0.05, 0) is 19.3 Å². The van der Waals surface area contributed by atoms with Gasteiger partial charge >= 0.3 is 0 Å². The predicted octanol–water partition coefficient (Wildman–Crippen LogP) is 1.04. The summed E-state index contributed by atoms with van der Waals surface area (Å²) in [5.74, 6) is 1.16. The van der Waals surface area contributed by atoms with Gasteiger partial charge in [0.05, 0.1) is 0 Å². The number of aliphatic imine (C=N–C) groups is 1. The molecular formula is C10H17N3. The summed E-state index contributed by atoms with van der Waals surface area (Å²) in [5.41, 5.74) is 1.35. The van der Waals surface area contributed by atoms with E-state index in [1.807, 2.05) is 0 Å². The molecule has 2 aliphatic heterocycles. The first-order valence-electron chi connectivity index (χ1n) is 5.15. The number of nitrogens with one attached hydrogen (secondary N) is 2. The Balaban J connectivity index is 1.88. The molecule has 0 amide bonds. The van der Waals surface area contributed by atoms with Crippen molar-refractivity contribution < 1.29 is 0 Å². The summed E-state index contributed by atoms with van der Waals surface area (Å²) >= 11 is 0. The van der Waals surface area contributed by atoms with E-state index in [0.717, 1.165) is 31.9 Å². The molecule has 72 valence electrons. The molecule has 0 aromatic rings. The first-order valence-corrected chi connectivity index (χ1v) is 5.15. The van der Waals surface area contributed by atoms with Crippen molar-refractivity contribution in [3.05, 3.63) is 11.8 Å². The molecular weight excluding hydrogens is 162 g/mol. The third-order valence-electron chi connectivity index (χ3n) is 2.45. The van der Waals surface area contributed by atoms with Gasteiger partial charge in [0.1, 0.15) is 5.84 Å². The molecule has 3 nitrogen and oxygen atoms in total. The fourth-order valence-electron chi connectivity index (χ4n) is 1.71. The highest BCUT2D eigenvalue weighted by Crippen LogP contribution is 2.08. The van der Waals surface area contributed by atoms with Gasteiger partial charge in [0.2, 0.25) is 0 Å². The largest absolute Gasteiger partial charge is 0.388 e. The van der Waals surface area contributed by atoms with Crippen molar-refractivity contribution in [1.29, 1.82) is 0 Å². The van der Waals surface area contributed by atoms with Crippen LogP contribution >= 0.6 is 0 Å². The minimum Gasteiger partial charge on any atom is -0.388 e. The monoisotopic (exact) mass is 179 g/mol. The molecule has 2 heterocycles. The van der Waals surface area contributed by atoms with E-state index >= 15 is 0 Å². The fourth-order valence-corrected chi connectivity index (χ4v) is 1.71. The summed E-state index contributed by atoms with van der Waals surface area (Å²) in [7, 11) is 0. The van der Waals surface area contributed by atoms with Crippen LogP contribution in [0.5, 0.6) is 0 Å². The zero-order chi connectivity index (χ0) is 8.93. The van der Waals surface area contributed by atoms with Gasteiger partial charge < -0.3 is 10.6 Å². The Labute approximate surface area is 79.3 Å². The van der Waals surface area contributed by atoms with Crippen molar-refractivity contribution in [2.45, 2.75) is 25.7 Å². The second kappa shape index (κ2) is 4.30. The Kier molecular flexibility index (Phi) is 2.85. The summed E-state index contributed by atoms with van der Waals surface area (Å²) in [6.07, 6.45) is 6.93. The molecule has 2 rings (SSSR count). The molecule has 0 saturated carbocycles. The molecule has 0 bridgehead atoms. The molecule has 0 atom stereocenters. The molecule has 0 unspecified atom stereocenters. The van der Waals surface area contributed by atoms with Gasteiger partial charge in [0, 0.05) is 31.8 Å². The molecule has 0 aromatic heterocycles. The van der Waals surface area contributed by atoms with Crippen LogP contribution in [0.1, 0.15) is 25.7 Å². The van der Waals surface area contributed by atoms with E-state index in [1.165, 1.54) is 25.0 Å². The van der Waals surface area contributed by atoms with E-state index in [-0.39, 0.29) is 0 Å². The van der Waals surface area contributed by atoms with Gasteiger partial charge in [-0.3, -0.25) is 4.99 Å². The van der Waals surface area contributed by atoms with Crippen molar-refractivity contribution in [2.24, 2.45) is 4.99 Å². The van der Waals surface area contributed by atoms with Crippen LogP contribution in [0, 0.1) is 0 Å². The second-order valence-electron chi connectivity index (χ2n) is 3.58. The van der Waals surface area contributed by atoms with Crippen LogP contribution in [0.15, 0.2) is 16.8 Å². The highest BCUT2D eigenvalue weighted by atomic mass is 15.0. The Bertz CT molecular complexity index is 206. The maximum atomic E-state index is 4.45. The van der Waals surface area contributed by atoms with Gasteiger partial charge in [0.15, 0.2) is 0 Å². The van der Waals surface area contributed by atoms with E-state index in [9.17, 15) is 0 Å². The number of amidine groups is 1. The number of allylic oxidation sites excluding steroid dienone is 1. The van der Waals surface area contributed by atoms with Gasteiger partial charge in [-0.2, -0.15) is 0 Å². The molecule has 0 saturated heterocycles. The standard InChI is InChI=1S/C10H17N3/c1-2-5-11-9(4-1)8-10-12-6-3-7-13-10/h4,11H,1-3,5-8H2,(H,12,13). The van der Waals surface area contributed by atoms with Gasteiger partial charge in [-0.25, -0.2) is 0 Å². The fraction of sp³-hybridized carbons (Fsp3) is 0.700. The Morgan fingerprint density at radius 2 is 2.15 bits per heavy atom. The molecule has 0 fully saturated rings. The number of rotatable bonds is 2. The van der Waals surface area contributed by atoms with Gasteiger partial charge in [0.25, 0.3) is 0 Å². The third-order valence-corrected chi connectivity index (χ3v) is 2.45. The average molecular weight is 179 g/mol. The normalized spacial score (nSPS) is 22.5. The van der Waals surface area contributed by atoms with E-state index in [0.29, 0.717) is 0 Å². The molecule has 2 aliphatic rings. The predicted molar refractivity (Wildman–Crippen MR) is 54.9 cm³/mol. The van der Waals surface area contributed by atoms with Crippen LogP contribution in [0.3, 0.4) is 0 Å². The van der Waals surface area contributed by atoms with Crippen LogP contribution in [0.25, 0.3) is 0 Å². The summed E-state index contributed by atoms with van der Waals surface area (Å²) in [5, 5.41) is 6.74. The molecule has 0 spiro atoms. The van der Waals surface area contributed by atoms with E-state index < -0.39 is 0 Å². The van der Waals surface area contributed by atoms with Crippen LogP contribution in [0.2, 0.25) is 0 Å². The first-order chi connectivity index (χ1) is 6.45. The van der Waals surface area contributed by atoms with Crippen molar-refractivity contribution >= 4 is 5.84 Å². The lowest BCUT2D eigenvalue weighted by Gasteiger charge is -2.19. The lowest BCUT2D eigenvalue weighted by molar-refractivity contribution is 0.669. The minimum absolute atomic E-state index is 0.972. The maximum absolute atomic E-state index is 4.45. The van der Waals surface area contributed by atoms with Crippen LogP contribution in [-0.4, -0.2) is 25.5 Å². The molecule has 0 aromatic carbocycles. The lowest BCUT2D eigenvalue weighted by atomic mass is 10.1. The lowest BCUT2D eigenvalue weighted by Crippen LogP contribution is -2.32. The highest BCUT2D eigenvalue weighted by molar-refractivity contribution is 5.84. The molecule has 2 N–H and O–H groups in total. The zero-order valence-corrected chi connectivity index (χ0v) is 7.97. The minimum atomic E-state index is 0.972. The highest BCUT2D eigenvalue weighted by Gasteiger charge is 2.08. The first kappa shape index (κ1) is 8.60. The molecule has 3 heteroatoms. The Hall–Kier alpha value is -0.990. The number of hydrogen-bond donors (Lipinski definition) is 2. The van der Waals surface area contributed by atoms with Gasteiger partial charge in [-0.1, -0.05) is 6.08 Å². The zero-order valence-electron chi connectivity index (χ0n) is 7.97.